The van der Waals surface area contributed by atoms with Gasteiger partial charge in [-0.3, -0.25) is 0 Å². The molecule has 0 aliphatic heterocycles. The quantitative estimate of drug-likeness (QED) is 0.817. The van der Waals surface area contributed by atoms with Crippen LogP contribution in [0, 0.1) is 6.92 Å². The maximum atomic E-state index is 12.9. The van der Waals surface area contributed by atoms with E-state index in [9.17, 15) is 18.3 Å². The van der Waals surface area contributed by atoms with E-state index >= 15 is 0 Å². The van der Waals surface area contributed by atoms with Crippen molar-refractivity contribution in [2.24, 2.45) is 0 Å². The number of alkyl halides is 3. The number of halogens is 3. The van der Waals surface area contributed by atoms with Crippen molar-refractivity contribution in [1.82, 2.24) is 0 Å². The van der Waals surface area contributed by atoms with Crippen molar-refractivity contribution in [1.29, 1.82) is 0 Å². The Balaban J connectivity index is 3.26. The van der Waals surface area contributed by atoms with Crippen molar-refractivity contribution in [3.05, 3.63) is 34.9 Å². The molecule has 4 heteroatoms. The number of hydrogen-bond donors (Lipinski definition) is 1. The summed E-state index contributed by atoms with van der Waals surface area (Å²) in [5.41, 5.74) is -1.26. The standard InChI is InChI=1S/C15H21F3O/c1-4-8-14(19,9-5-2)12-7-6-11(3)13(10-12)15(16,17)18/h6-7,10,19H,4-5,8-9H2,1-3H3. The summed E-state index contributed by atoms with van der Waals surface area (Å²) in [6.45, 7) is 5.27. The van der Waals surface area contributed by atoms with Crippen LogP contribution >= 0.6 is 0 Å². The summed E-state index contributed by atoms with van der Waals surface area (Å²) in [4.78, 5) is 0. The van der Waals surface area contributed by atoms with Crippen LogP contribution in [0.3, 0.4) is 0 Å². The number of hydrogen-bond acceptors (Lipinski definition) is 1. The van der Waals surface area contributed by atoms with Crippen LogP contribution in [0.15, 0.2) is 18.2 Å². The molecule has 0 spiro atoms. The molecule has 1 nitrogen and oxygen atoms in total. The van der Waals surface area contributed by atoms with E-state index in [0.29, 0.717) is 18.4 Å². The predicted molar refractivity (Wildman–Crippen MR) is 69.9 cm³/mol. The van der Waals surface area contributed by atoms with Gasteiger partial charge in [-0.15, -0.1) is 0 Å². The Hall–Kier alpha value is -1.03. The third-order valence-corrected chi connectivity index (χ3v) is 3.41. The molecule has 1 aromatic rings. The van der Waals surface area contributed by atoms with Crippen LogP contribution in [0.4, 0.5) is 13.2 Å². The van der Waals surface area contributed by atoms with E-state index in [-0.39, 0.29) is 5.56 Å². The lowest BCUT2D eigenvalue weighted by Gasteiger charge is -2.29. The number of aliphatic hydroxyl groups is 1. The summed E-state index contributed by atoms with van der Waals surface area (Å²) < 4.78 is 38.7. The molecule has 1 rings (SSSR count). The third-order valence-electron chi connectivity index (χ3n) is 3.41. The summed E-state index contributed by atoms with van der Waals surface area (Å²) in [6, 6.07) is 4.14. The van der Waals surface area contributed by atoms with Crippen LogP contribution < -0.4 is 0 Å². The second kappa shape index (κ2) is 5.95. The minimum absolute atomic E-state index is 0.187. The molecule has 0 saturated heterocycles. The third kappa shape index (κ3) is 3.72. The van der Waals surface area contributed by atoms with Gasteiger partial charge in [0.15, 0.2) is 0 Å². The normalized spacial score (nSPS) is 12.8. The molecule has 0 bridgehead atoms. The van der Waals surface area contributed by atoms with Crippen molar-refractivity contribution in [3.63, 3.8) is 0 Å². The fraction of sp³-hybridized carbons (Fsp3) is 0.600. The highest BCUT2D eigenvalue weighted by Gasteiger charge is 2.35. The van der Waals surface area contributed by atoms with Crippen LogP contribution in [-0.4, -0.2) is 5.11 Å². The molecule has 0 aliphatic rings. The van der Waals surface area contributed by atoms with Crippen LogP contribution in [-0.2, 0) is 11.8 Å². The molecule has 0 aromatic heterocycles. The maximum Gasteiger partial charge on any atom is 0.416 e. The molecule has 0 aliphatic carbocycles. The van der Waals surface area contributed by atoms with Crippen molar-refractivity contribution < 1.29 is 18.3 Å². The van der Waals surface area contributed by atoms with Crippen molar-refractivity contribution in [2.75, 3.05) is 0 Å². The monoisotopic (exact) mass is 274 g/mol. The van der Waals surface area contributed by atoms with Gasteiger partial charge in [0.2, 0.25) is 0 Å². The molecule has 0 amide bonds. The van der Waals surface area contributed by atoms with E-state index in [4.69, 9.17) is 0 Å². The lowest BCUT2D eigenvalue weighted by Crippen LogP contribution is -2.26. The summed E-state index contributed by atoms with van der Waals surface area (Å²) >= 11 is 0. The molecule has 0 atom stereocenters. The van der Waals surface area contributed by atoms with E-state index in [1.54, 1.807) is 6.07 Å². The van der Waals surface area contributed by atoms with Crippen molar-refractivity contribution in [3.8, 4) is 0 Å². The Bertz CT molecular complexity index is 418. The molecule has 1 aromatic carbocycles. The van der Waals surface area contributed by atoms with Gasteiger partial charge < -0.3 is 5.11 Å². The second-order valence-corrected chi connectivity index (χ2v) is 5.06. The fourth-order valence-corrected chi connectivity index (χ4v) is 2.46. The van der Waals surface area contributed by atoms with Gasteiger partial charge >= 0.3 is 6.18 Å². The molecule has 0 unspecified atom stereocenters. The number of benzene rings is 1. The summed E-state index contributed by atoms with van der Waals surface area (Å²) in [7, 11) is 0. The molecule has 108 valence electrons. The Labute approximate surface area is 112 Å². The first-order chi connectivity index (χ1) is 8.74. The first-order valence-corrected chi connectivity index (χ1v) is 6.65. The minimum atomic E-state index is -4.38. The molecule has 0 saturated carbocycles. The highest BCUT2D eigenvalue weighted by molar-refractivity contribution is 5.36. The first-order valence-electron chi connectivity index (χ1n) is 6.65. The van der Waals surface area contributed by atoms with Crippen LogP contribution in [0.2, 0.25) is 0 Å². The molecule has 0 fully saturated rings. The fourth-order valence-electron chi connectivity index (χ4n) is 2.46. The van der Waals surface area contributed by atoms with E-state index in [1.165, 1.54) is 13.0 Å². The molecular weight excluding hydrogens is 253 g/mol. The van der Waals surface area contributed by atoms with Gasteiger partial charge in [-0.1, -0.05) is 38.8 Å². The van der Waals surface area contributed by atoms with Gasteiger partial charge in [0.05, 0.1) is 11.2 Å². The van der Waals surface area contributed by atoms with Gasteiger partial charge in [0, 0.05) is 0 Å². The molecular formula is C15H21F3O. The average molecular weight is 274 g/mol. The summed E-state index contributed by atoms with van der Waals surface area (Å²) in [5, 5.41) is 10.6. The zero-order valence-electron chi connectivity index (χ0n) is 11.6. The molecule has 1 N–H and O–H groups in total. The van der Waals surface area contributed by atoms with Gasteiger partial charge in [-0.25, -0.2) is 0 Å². The summed E-state index contributed by atoms with van der Waals surface area (Å²) in [5.74, 6) is 0. The Morgan fingerprint density at radius 2 is 1.58 bits per heavy atom. The predicted octanol–water partition coefficient (Wildman–Crippen LogP) is 4.80. The van der Waals surface area contributed by atoms with Crippen LogP contribution in [0.5, 0.6) is 0 Å². The van der Waals surface area contributed by atoms with Gasteiger partial charge in [-0.05, 0) is 37.0 Å². The highest BCUT2D eigenvalue weighted by Crippen LogP contribution is 2.37. The SMILES string of the molecule is CCCC(O)(CCC)c1ccc(C)c(C(F)(F)F)c1. The largest absolute Gasteiger partial charge is 0.416 e. The molecule has 19 heavy (non-hydrogen) atoms. The van der Waals surface area contributed by atoms with E-state index in [0.717, 1.165) is 18.9 Å². The average Bonchev–Trinajstić information content (AvgIpc) is 2.28. The zero-order valence-corrected chi connectivity index (χ0v) is 11.6. The highest BCUT2D eigenvalue weighted by atomic mass is 19.4. The number of rotatable bonds is 5. The maximum absolute atomic E-state index is 12.9. The lowest BCUT2D eigenvalue weighted by atomic mass is 9.84. The number of aryl methyl sites for hydroxylation is 1. The topological polar surface area (TPSA) is 20.2 Å². The first kappa shape index (κ1) is 16.0. The Kier molecular flexibility index (Phi) is 5.02. The van der Waals surface area contributed by atoms with E-state index in [1.807, 2.05) is 13.8 Å². The smallest absolute Gasteiger partial charge is 0.385 e. The van der Waals surface area contributed by atoms with Gasteiger partial charge in [0.1, 0.15) is 0 Å². The summed E-state index contributed by atoms with van der Waals surface area (Å²) in [6.07, 6.45) is -1.97. The minimum Gasteiger partial charge on any atom is -0.385 e. The van der Waals surface area contributed by atoms with E-state index < -0.39 is 17.3 Å². The zero-order chi connectivity index (χ0) is 14.7. The van der Waals surface area contributed by atoms with Crippen molar-refractivity contribution in [2.45, 2.75) is 58.2 Å². The molecule has 0 heterocycles. The Morgan fingerprint density at radius 1 is 1.05 bits per heavy atom. The Morgan fingerprint density at radius 3 is 2.00 bits per heavy atom. The van der Waals surface area contributed by atoms with Gasteiger partial charge in [0.25, 0.3) is 0 Å². The van der Waals surface area contributed by atoms with E-state index in [2.05, 4.69) is 0 Å². The second-order valence-electron chi connectivity index (χ2n) is 5.06. The molecule has 0 radical (unpaired) electrons. The van der Waals surface area contributed by atoms with Gasteiger partial charge in [-0.2, -0.15) is 13.2 Å². The van der Waals surface area contributed by atoms with Crippen LogP contribution in [0.25, 0.3) is 0 Å². The van der Waals surface area contributed by atoms with Crippen molar-refractivity contribution >= 4 is 0 Å². The lowest BCUT2D eigenvalue weighted by molar-refractivity contribution is -0.138. The van der Waals surface area contributed by atoms with Crippen LogP contribution in [0.1, 0.15) is 56.2 Å².